The fourth-order valence-electron chi connectivity index (χ4n) is 6.01. The SMILES string of the molecule is CN(C)CCCOc1ccc(-c2ccc(C[C@@H](C(N)=O)N(C(=O)C3CCC(CN)CC3)c3ccc(-c4noc(=O)[nH]4)cc3)cc2)cn1. The highest BCUT2D eigenvalue weighted by Crippen LogP contribution is 2.33. The lowest BCUT2D eigenvalue weighted by atomic mass is 9.81. The van der Waals surface area contributed by atoms with Gasteiger partial charge in [-0.3, -0.25) is 24.0 Å². The van der Waals surface area contributed by atoms with Crippen LogP contribution in [0.15, 0.2) is 76.2 Å². The normalized spacial score (nSPS) is 16.9. The largest absolute Gasteiger partial charge is 0.478 e. The Kier molecular flexibility index (Phi) is 11.2. The molecule has 1 atom stereocenters. The van der Waals surface area contributed by atoms with Gasteiger partial charge in [-0.2, -0.15) is 0 Å². The number of aromatic nitrogens is 3. The number of rotatable bonds is 14. The molecule has 1 saturated carbocycles. The second kappa shape index (κ2) is 15.7. The summed E-state index contributed by atoms with van der Waals surface area (Å²) in [6.45, 7) is 2.14. The second-order valence-electron chi connectivity index (χ2n) is 12.4. The number of anilines is 1. The average molecular weight is 642 g/mol. The van der Waals surface area contributed by atoms with Crippen LogP contribution in [0.25, 0.3) is 22.5 Å². The third kappa shape index (κ3) is 8.72. The van der Waals surface area contributed by atoms with Crippen LogP contribution in [0.3, 0.4) is 0 Å². The van der Waals surface area contributed by atoms with Crippen LogP contribution < -0.4 is 26.9 Å². The van der Waals surface area contributed by atoms with Crippen LogP contribution in [0, 0.1) is 11.8 Å². The molecule has 47 heavy (non-hydrogen) atoms. The number of benzene rings is 2. The van der Waals surface area contributed by atoms with E-state index in [9.17, 15) is 14.4 Å². The molecule has 4 aromatic rings. The van der Waals surface area contributed by atoms with E-state index in [0.717, 1.165) is 42.5 Å². The van der Waals surface area contributed by atoms with Crippen LogP contribution in [-0.4, -0.2) is 71.7 Å². The first-order valence-electron chi connectivity index (χ1n) is 16.0. The number of carbonyl (C=O) groups excluding carboxylic acids is 2. The smallest absolute Gasteiger partial charge is 0.439 e. The van der Waals surface area contributed by atoms with Crippen LogP contribution in [0.4, 0.5) is 5.69 Å². The summed E-state index contributed by atoms with van der Waals surface area (Å²) in [4.78, 5) is 49.3. The van der Waals surface area contributed by atoms with E-state index in [4.69, 9.17) is 16.2 Å². The van der Waals surface area contributed by atoms with Crippen molar-refractivity contribution in [2.45, 2.75) is 44.6 Å². The molecule has 0 saturated heterocycles. The molecule has 2 aromatic carbocycles. The third-order valence-electron chi connectivity index (χ3n) is 8.72. The number of aromatic amines is 1. The Morgan fingerprint density at radius 1 is 0.979 bits per heavy atom. The van der Waals surface area contributed by atoms with Crippen molar-refractivity contribution in [1.29, 1.82) is 0 Å². The standard InChI is InChI=1S/C35H43N7O5/c1-41(2)18-3-19-46-31-17-14-28(22-38-31)25-8-4-23(5-9-25)20-30(32(37)43)42(34(44)27-10-6-24(21-36)7-11-27)29-15-12-26(13-16-29)33-39-35(45)47-40-33/h4-5,8-9,12-17,22,24,27,30H,3,6-7,10-11,18-21,36H2,1-2H3,(H2,37,43)(H,39,40,45)/t24?,27?,30-/m0/s1. The summed E-state index contributed by atoms with van der Waals surface area (Å²) in [6.07, 6.45) is 6.04. The van der Waals surface area contributed by atoms with E-state index in [1.807, 2.05) is 50.5 Å². The topological polar surface area (TPSA) is 174 Å². The Bertz CT molecular complexity index is 1660. The molecule has 248 valence electrons. The first kappa shape index (κ1) is 33.6. The van der Waals surface area contributed by atoms with Crippen LogP contribution in [0.5, 0.6) is 5.88 Å². The van der Waals surface area contributed by atoms with Crippen molar-refractivity contribution in [3.63, 3.8) is 0 Å². The van der Waals surface area contributed by atoms with Gasteiger partial charge in [-0.1, -0.05) is 29.4 Å². The van der Waals surface area contributed by atoms with Crippen molar-refractivity contribution in [1.82, 2.24) is 20.0 Å². The van der Waals surface area contributed by atoms with Crippen LogP contribution >= 0.6 is 0 Å². The van der Waals surface area contributed by atoms with Gasteiger partial charge in [0.25, 0.3) is 0 Å². The van der Waals surface area contributed by atoms with Crippen LogP contribution in [-0.2, 0) is 16.0 Å². The average Bonchev–Trinajstić information content (AvgIpc) is 3.53. The molecule has 0 aliphatic heterocycles. The molecule has 2 aromatic heterocycles. The predicted octanol–water partition coefficient (Wildman–Crippen LogP) is 3.62. The van der Waals surface area contributed by atoms with Gasteiger partial charge < -0.3 is 21.1 Å². The lowest BCUT2D eigenvalue weighted by Gasteiger charge is -2.35. The Hall–Kier alpha value is -4.81. The third-order valence-corrected chi connectivity index (χ3v) is 8.72. The predicted molar refractivity (Wildman–Crippen MR) is 180 cm³/mol. The molecule has 1 aliphatic carbocycles. The van der Waals surface area contributed by atoms with Gasteiger partial charge in [0.2, 0.25) is 17.7 Å². The fraction of sp³-hybridized carbons (Fsp3) is 0.400. The lowest BCUT2D eigenvalue weighted by molar-refractivity contribution is -0.127. The van der Waals surface area contributed by atoms with E-state index in [1.165, 1.54) is 0 Å². The Balaban J connectivity index is 1.34. The van der Waals surface area contributed by atoms with E-state index in [-0.39, 0.29) is 24.1 Å². The second-order valence-corrected chi connectivity index (χ2v) is 12.4. The molecule has 0 unspecified atom stereocenters. The number of pyridine rings is 1. The number of nitrogens with two attached hydrogens (primary N) is 2. The molecular weight excluding hydrogens is 598 g/mol. The molecular formula is C35H43N7O5. The van der Waals surface area contributed by atoms with E-state index < -0.39 is 17.7 Å². The first-order chi connectivity index (χ1) is 22.7. The minimum Gasteiger partial charge on any atom is -0.478 e. The highest BCUT2D eigenvalue weighted by molar-refractivity contribution is 6.01. The molecule has 12 heteroatoms. The van der Waals surface area contributed by atoms with Crippen molar-refractivity contribution in [3.8, 4) is 28.4 Å². The van der Waals surface area contributed by atoms with Crippen molar-refractivity contribution >= 4 is 17.5 Å². The molecule has 2 heterocycles. The number of carbonyl (C=O) groups is 2. The number of primary amides is 1. The monoisotopic (exact) mass is 641 g/mol. The Morgan fingerprint density at radius 2 is 1.66 bits per heavy atom. The van der Waals surface area contributed by atoms with E-state index >= 15 is 0 Å². The van der Waals surface area contributed by atoms with Gasteiger partial charge in [-0.15, -0.1) is 0 Å². The highest BCUT2D eigenvalue weighted by atomic mass is 16.5. The maximum atomic E-state index is 14.2. The highest BCUT2D eigenvalue weighted by Gasteiger charge is 2.36. The summed E-state index contributed by atoms with van der Waals surface area (Å²) in [6, 6.07) is 17.6. The van der Waals surface area contributed by atoms with Crippen molar-refractivity contribution < 1.29 is 18.8 Å². The Labute approximate surface area is 274 Å². The lowest BCUT2D eigenvalue weighted by Crippen LogP contribution is -2.52. The molecule has 5 rings (SSSR count). The quantitative estimate of drug-likeness (QED) is 0.174. The number of ether oxygens (including phenoxy) is 1. The number of hydrogen-bond acceptors (Lipinski definition) is 9. The van der Waals surface area contributed by atoms with Gasteiger partial charge in [0.05, 0.1) is 6.61 Å². The van der Waals surface area contributed by atoms with Gasteiger partial charge in [0.1, 0.15) is 6.04 Å². The molecule has 2 amide bonds. The van der Waals surface area contributed by atoms with Gasteiger partial charge in [0, 0.05) is 48.0 Å². The number of hydrogen-bond donors (Lipinski definition) is 3. The van der Waals surface area contributed by atoms with Crippen molar-refractivity contribution in [2.24, 2.45) is 23.3 Å². The molecule has 0 bridgehead atoms. The van der Waals surface area contributed by atoms with E-state index in [2.05, 4.69) is 24.5 Å². The van der Waals surface area contributed by atoms with Gasteiger partial charge >= 0.3 is 5.76 Å². The summed E-state index contributed by atoms with van der Waals surface area (Å²) in [5.74, 6) is -0.412. The first-order valence-corrected chi connectivity index (χ1v) is 16.0. The maximum Gasteiger partial charge on any atom is 0.439 e. The van der Waals surface area contributed by atoms with Crippen LogP contribution in [0.2, 0.25) is 0 Å². The van der Waals surface area contributed by atoms with Gasteiger partial charge in [-0.25, -0.2) is 9.78 Å². The minimum absolute atomic E-state index is 0.140. The molecule has 0 spiro atoms. The van der Waals surface area contributed by atoms with Crippen LogP contribution in [0.1, 0.15) is 37.7 Å². The molecule has 1 aliphatic rings. The summed E-state index contributed by atoms with van der Waals surface area (Å²) in [5, 5.41) is 3.74. The zero-order valence-corrected chi connectivity index (χ0v) is 26.9. The van der Waals surface area contributed by atoms with Crippen molar-refractivity contribution in [2.75, 3.05) is 38.7 Å². The Morgan fingerprint density at radius 3 is 2.23 bits per heavy atom. The van der Waals surface area contributed by atoms with E-state index in [0.29, 0.717) is 49.0 Å². The minimum atomic E-state index is -0.927. The molecule has 12 nitrogen and oxygen atoms in total. The molecule has 1 fully saturated rings. The molecule has 5 N–H and O–H groups in total. The van der Waals surface area contributed by atoms with E-state index in [1.54, 1.807) is 35.4 Å². The summed E-state index contributed by atoms with van der Waals surface area (Å²) >= 11 is 0. The summed E-state index contributed by atoms with van der Waals surface area (Å²) in [5.41, 5.74) is 15.8. The fourth-order valence-corrected chi connectivity index (χ4v) is 6.01. The van der Waals surface area contributed by atoms with Gasteiger partial charge in [-0.05, 0) is 100 Å². The summed E-state index contributed by atoms with van der Waals surface area (Å²) < 4.78 is 10.4. The molecule has 0 radical (unpaired) electrons. The van der Waals surface area contributed by atoms with Gasteiger partial charge in [0.15, 0.2) is 5.82 Å². The number of amides is 2. The zero-order chi connectivity index (χ0) is 33.3. The number of nitrogens with zero attached hydrogens (tertiary/aromatic N) is 4. The number of H-pyrrole nitrogens is 1. The van der Waals surface area contributed by atoms with Crippen molar-refractivity contribution in [3.05, 3.63) is 83.0 Å². The maximum absolute atomic E-state index is 14.2. The number of nitrogens with one attached hydrogen (secondary N) is 1. The zero-order valence-electron chi connectivity index (χ0n) is 26.9. The summed E-state index contributed by atoms with van der Waals surface area (Å²) in [7, 11) is 4.06.